The van der Waals surface area contributed by atoms with Gasteiger partial charge in [0.1, 0.15) is 4.70 Å². The van der Waals surface area contributed by atoms with E-state index in [-0.39, 0.29) is 5.56 Å². The van der Waals surface area contributed by atoms with Crippen LogP contribution < -0.4 is 5.56 Å². The average Bonchev–Trinajstić information content (AvgIpc) is 3.11. The Morgan fingerprint density at radius 3 is 2.54 bits per heavy atom. The number of nitrogens with zero attached hydrogens (tertiary/aromatic N) is 2. The third-order valence-electron chi connectivity index (χ3n) is 3.82. The fraction of sp³-hybridized carbons (Fsp3) is 0.0526. The summed E-state index contributed by atoms with van der Waals surface area (Å²) in [5, 5.41) is 3.29. The standard InChI is InChI=1S/C19H12BrClN2OS2/c20-13-3-7-15(8-4-13)23-18(24)17-16(9-10-25-17)22-19(23)26-11-12-1-5-14(21)6-2-12/h1-10H,11H2. The maximum Gasteiger partial charge on any atom is 0.276 e. The van der Waals surface area contributed by atoms with E-state index in [1.807, 2.05) is 60.0 Å². The fourth-order valence-corrected chi connectivity index (χ4v) is 4.65. The van der Waals surface area contributed by atoms with Gasteiger partial charge in [-0.05, 0) is 53.4 Å². The molecular formula is C19H12BrClN2OS2. The van der Waals surface area contributed by atoms with Gasteiger partial charge in [0.25, 0.3) is 5.56 Å². The van der Waals surface area contributed by atoms with Crippen molar-refractivity contribution in [1.29, 1.82) is 0 Å². The van der Waals surface area contributed by atoms with Crippen LogP contribution >= 0.6 is 50.6 Å². The molecule has 0 aliphatic carbocycles. The van der Waals surface area contributed by atoms with Crippen molar-refractivity contribution in [3.8, 4) is 5.69 Å². The lowest BCUT2D eigenvalue weighted by atomic mass is 10.2. The van der Waals surface area contributed by atoms with Crippen LogP contribution in [-0.2, 0) is 5.75 Å². The second-order valence-electron chi connectivity index (χ2n) is 5.56. The summed E-state index contributed by atoms with van der Waals surface area (Å²) in [5.74, 6) is 0.704. The normalized spacial score (nSPS) is 11.2. The van der Waals surface area contributed by atoms with Gasteiger partial charge in [0.2, 0.25) is 0 Å². The van der Waals surface area contributed by atoms with Gasteiger partial charge >= 0.3 is 0 Å². The molecule has 2 aromatic carbocycles. The van der Waals surface area contributed by atoms with Crippen LogP contribution in [-0.4, -0.2) is 9.55 Å². The van der Waals surface area contributed by atoms with E-state index in [0.717, 1.165) is 21.2 Å². The van der Waals surface area contributed by atoms with Crippen LogP contribution in [0.15, 0.2) is 74.4 Å². The molecule has 4 rings (SSSR count). The van der Waals surface area contributed by atoms with Crippen LogP contribution in [0.5, 0.6) is 0 Å². The molecule has 2 aromatic heterocycles. The summed E-state index contributed by atoms with van der Waals surface area (Å²) >= 11 is 12.4. The molecule has 0 N–H and O–H groups in total. The highest BCUT2D eigenvalue weighted by Gasteiger charge is 2.14. The zero-order chi connectivity index (χ0) is 18.1. The quantitative estimate of drug-likeness (QED) is 0.269. The number of benzene rings is 2. The van der Waals surface area contributed by atoms with Crippen molar-refractivity contribution in [3.63, 3.8) is 0 Å². The molecule has 0 aliphatic heterocycles. The van der Waals surface area contributed by atoms with Crippen molar-refractivity contribution < 1.29 is 0 Å². The zero-order valence-corrected chi connectivity index (χ0v) is 17.3. The van der Waals surface area contributed by atoms with Gasteiger partial charge in [0.15, 0.2) is 5.16 Å². The molecule has 0 saturated carbocycles. The number of aromatic nitrogens is 2. The van der Waals surface area contributed by atoms with Crippen LogP contribution in [0.1, 0.15) is 5.56 Å². The number of rotatable bonds is 4. The predicted molar refractivity (Wildman–Crippen MR) is 114 cm³/mol. The van der Waals surface area contributed by atoms with Crippen molar-refractivity contribution in [2.45, 2.75) is 10.9 Å². The van der Waals surface area contributed by atoms with Crippen LogP contribution in [0.3, 0.4) is 0 Å². The second-order valence-corrected chi connectivity index (χ2v) is 8.77. The first-order valence-corrected chi connectivity index (χ1v) is 10.8. The highest BCUT2D eigenvalue weighted by atomic mass is 79.9. The number of hydrogen-bond acceptors (Lipinski definition) is 4. The van der Waals surface area contributed by atoms with Gasteiger partial charge in [-0.3, -0.25) is 9.36 Å². The number of thioether (sulfide) groups is 1. The summed E-state index contributed by atoms with van der Waals surface area (Å²) in [6, 6.07) is 17.3. The van der Waals surface area contributed by atoms with Crippen molar-refractivity contribution in [1.82, 2.24) is 9.55 Å². The molecule has 0 radical (unpaired) electrons. The summed E-state index contributed by atoms with van der Waals surface area (Å²) < 4.78 is 3.32. The van der Waals surface area contributed by atoms with E-state index in [4.69, 9.17) is 16.6 Å². The van der Waals surface area contributed by atoms with Crippen LogP contribution in [0.2, 0.25) is 5.02 Å². The summed E-state index contributed by atoms with van der Waals surface area (Å²) in [5.41, 5.74) is 2.64. The van der Waals surface area contributed by atoms with Gasteiger partial charge in [0, 0.05) is 15.2 Å². The van der Waals surface area contributed by atoms with E-state index in [1.54, 1.807) is 4.57 Å². The molecule has 0 atom stereocenters. The topological polar surface area (TPSA) is 34.9 Å². The minimum absolute atomic E-state index is 0.0362. The first-order valence-electron chi connectivity index (χ1n) is 7.75. The minimum Gasteiger partial charge on any atom is -0.267 e. The van der Waals surface area contributed by atoms with Gasteiger partial charge < -0.3 is 0 Å². The van der Waals surface area contributed by atoms with E-state index >= 15 is 0 Å². The van der Waals surface area contributed by atoms with Gasteiger partial charge in [-0.1, -0.05) is 51.4 Å². The van der Waals surface area contributed by atoms with Gasteiger partial charge in [-0.25, -0.2) is 4.98 Å². The molecule has 130 valence electrons. The number of hydrogen-bond donors (Lipinski definition) is 0. The fourth-order valence-electron chi connectivity index (χ4n) is 2.54. The third kappa shape index (κ3) is 3.60. The van der Waals surface area contributed by atoms with E-state index in [2.05, 4.69) is 15.9 Å². The SMILES string of the molecule is O=c1c2sccc2nc(SCc2ccc(Cl)cc2)n1-c1ccc(Br)cc1. The van der Waals surface area contributed by atoms with Crippen LogP contribution in [0.4, 0.5) is 0 Å². The number of fused-ring (bicyclic) bond motifs is 1. The Morgan fingerprint density at radius 2 is 1.81 bits per heavy atom. The van der Waals surface area contributed by atoms with Gasteiger partial charge in [-0.15, -0.1) is 11.3 Å². The predicted octanol–water partition coefficient (Wildman–Crippen LogP) is 6.16. The van der Waals surface area contributed by atoms with Crippen LogP contribution in [0, 0.1) is 0 Å². The highest BCUT2D eigenvalue weighted by molar-refractivity contribution is 9.10. The van der Waals surface area contributed by atoms with E-state index in [0.29, 0.717) is 20.6 Å². The van der Waals surface area contributed by atoms with Crippen molar-refractivity contribution in [3.05, 3.63) is 85.4 Å². The summed E-state index contributed by atoms with van der Waals surface area (Å²) in [6.45, 7) is 0. The van der Waals surface area contributed by atoms with Crippen molar-refractivity contribution in [2.24, 2.45) is 0 Å². The summed E-state index contributed by atoms with van der Waals surface area (Å²) in [7, 11) is 0. The Kier molecular flexibility index (Phi) is 5.18. The molecule has 3 nitrogen and oxygen atoms in total. The molecule has 0 fully saturated rings. The smallest absolute Gasteiger partial charge is 0.267 e. The minimum atomic E-state index is -0.0362. The maximum absolute atomic E-state index is 13.0. The monoisotopic (exact) mass is 462 g/mol. The molecule has 4 aromatic rings. The molecule has 7 heteroatoms. The Labute approximate surface area is 171 Å². The van der Waals surface area contributed by atoms with E-state index in [1.165, 1.54) is 23.1 Å². The van der Waals surface area contributed by atoms with Crippen LogP contribution in [0.25, 0.3) is 15.9 Å². The molecule has 26 heavy (non-hydrogen) atoms. The molecule has 0 spiro atoms. The Bertz CT molecular complexity index is 1120. The van der Waals surface area contributed by atoms with E-state index in [9.17, 15) is 4.79 Å². The molecular weight excluding hydrogens is 452 g/mol. The highest BCUT2D eigenvalue weighted by Crippen LogP contribution is 2.27. The van der Waals surface area contributed by atoms with E-state index < -0.39 is 0 Å². The molecule has 2 heterocycles. The summed E-state index contributed by atoms with van der Waals surface area (Å²) in [6.07, 6.45) is 0. The first kappa shape index (κ1) is 17.8. The zero-order valence-electron chi connectivity index (χ0n) is 13.4. The maximum atomic E-state index is 13.0. The lowest BCUT2D eigenvalue weighted by Crippen LogP contribution is -2.20. The van der Waals surface area contributed by atoms with Gasteiger partial charge in [-0.2, -0.15) is 0 Å². The Balaban J connectivity index is 1.79. The lowest BCUT2D eigenvalue weighted by Gasteiger charge is -2.12. The molecule has 0 bridgehead atoms. The second kappa shape index (κ2) is 7.56. The third-order valence-corrected chi connectivity index (χ3v) is 6.50. The lowest BCUT2D eigenvalue weighted by molar-refractivity contribution is 0.822. The number of halogens is 2. The largest absolute Gasteiger partial charge is 0.276 e. The molecule has 0 aliphatic rings. The van der Waals surface area contributed by atoms with Crippen molar-refractivity contribution >= 4 is 60.8 Å². The summed E-state index contributed by atoms with van der Waals surface area (Å²) in [4.78, 5) is 17.8. The molecule has 0 saturated heterocycles. The molecule has 0 unspecified atom stereocenters. The van der Waals surface area contributed by atoms with Crippen molar-refractivity contribution in [2.75, 3.05) is 0 Å². The van der Waals surface area contributed by atoms with Gasteiger partial charge in [0.05, 0.1) is 11.2 Å². The first-order chi connectivity index (χ1) is 12.6. The average molecular weight is 464 g/mol. The molecule has 0 amide bonds. The Hall–Kier alpha value is -1.60. The Morgan fingerprint density at radius 1 is 1.08 bits per heavy atom. The number of thiophene rings is 1.